The summed E-state index contributed by atoms with van der Waals surface area (Å²) >= 11 is 0. The first-order valence-corrected chi connectivity index (χ1v) is 3.56. The normalized spacial score (nSPS) is 8.77. The van der Waals surface area contributed by atoms with Gasteiger partial charge in [-0.25, -0.2) is 4.79 Å². The van der Waals surface area contributed by atoms with Gasteiger partial charge in [0.25, 0.3) is 0 Å². The molecule has 0 amide bonds. The van der Waals surface area contributed by atoms with E-state index in [1.165, 1.54) is 7.11 Å². The monoisotopic (exact) mass is 190 g/mol. The van der Waals surface area contributed by atoms with Crippen molar-refractivity contribution < 1.29 is 14.6 Å². The molecular weight excluding hydrogens is 179 g/mol. The number of aliphatic hydroxyl groups is 1. The van der Waals surface area contributed by atoms with Crippen LogP contribution >= 0.6 is 0 Å². The third-order valence-corrected chi connectivity index (χ3v) is 1.56. The van der Waals surface area contributed by atoms with E-state index in [2.05, 4.69) is 4.74 Å². The van der Waals surface area contributed by atoms with Gasteiger partial charge in [-0.1, -0.05) is 12.1 Å². The molecule has 0 saturated heterocycles. The van der Waals surface area contributed by atoms with Gasteiger partial charge in [-0.2, -0.15) is 0 Å². The molecule has 0 atom stereocenters. The molecular formula is C9H11NaO3. The second kappa shape index (κ2) is 6.16. The van der Waals surface area contributed by atoms with Crippen LogP contribution in [0.1, 0.15) is 15.9 Å². The summed E-state index contributed by atoms with van der Waals surface area (Å²) in [6.45, 7) is -0.0124. The number of carbonyl (C=O) groups is 1. The van der Waals surface area contributed by atoms with Crippen LogP contribution in [0.25, 0.3) is 0 Å². The molecule has 0 aliphatic heterocycles. The van der Waals surface area contributed by atoms with Crippen LogP contribution in [0, 0.1) is 0 Å². The molecule has 4 heteroatoms. The maximum atomic E-state index is 10.9. The van der Waals surface area contributed by atoms with Crippen molar-refractivity contribution in [3.8, 4) is 0 Å². The standard InChI is InChI=1S/C9H10O3.Na.H/c1-12-9(11)8-4-2-7(6-10)3-5-8;;/h2-5,10H,6H2,1H3;;. The van der Waals surface area contributed by atoms with E-state index in [0.29, 0.717) is 5.56 Å². The van der Waals surface area contributed by atoms with Crippen LogP contribution < -0.4 is 0 Å². The molecule has 0 fully saturated rings. The van der Waals surface area contributed by atoms with Crippen molar-refractivity contribution in [3.63, 3.8) is 0 Å². The molecule has 13 heavy (non-hydrogen) atoms. The Morgan fingerprint density at radius 3 is 2.31 bits per heavy atom. The van der Waals surface area contributed by atoms with Crippen LogP contribution in [-0.2, 0) is 11.3 Å². The topological polar surface area (TPSA) is 46.5 Å². The molecule has 3 nitrogen and oxygen atoms in total. The Morgan fingerprint density at radius 2 is 1.92 bits per heavy atom. The molecule has 0 aromatic heterocycles. The molecule has 0 heterocycles. The van der Waals surface area contributed by atoms with E-state index in [9.17, 15) is 4.79 Å². The summed E-state index contributed by atoms with van der Waals surface area (Å²) in [5.41, 5.74) is 1.28. The Balaban J connectivity index is 0.00000144. The van der Waals surface area contributed by atoms with E-state index < -0.39 is 0 Å². The van der Waals surface area contributed by atoms with Gasteiger partial charge >= 0.3 is 35.5 Å². The Bertz CT molecular complexity index is 269. The zero-order chi connectivity index (χ0) is 8.97. The summed E-state index contributed by atoms with van der Waals surface area (Å²) < 4.78 is 4.51. The molecule has 0 radical (unpaired) electrons. The van der Waals surface area contributed by atoms with E-state index in [4.69, 9.17) is 5.11 Å². The summed E-state index contributed by atoms with van der Waals surface area (Å²) in [7, 11) is 1.34. The van der Waals surface area contributed by atoms with Gasteiger partial charge in [0.15, 0.2) is 0 Å². The molecule has 0 unspecified atom stereocenters. The number of esters is 1. The molecule has 0 saturated carbocycles. The van der Waals surface area contributed by atoms with Crippen LogP contribution in [0.15, 0.2) is 24.3 Å². The van der Waals surface area contributed by atoms with Gasteiger partial charge in [-0.15, -0.1) is 0 Å². The van der Waals surface area contributed by atoms with Crippen LogP contribution in [-0.4, -0.2) is 47.7 Å². The summed E-state index contributed by atoms with van der Waals surface area (Å²) in [4.78, 5) is 10.9. The maximum absolute atomic E-state index is 10.9. The zero-order valence-electron chi connectivity index (χ0n) is 6.78. The summed E-state index contributed by atoms with van der Waals surface area (Å²) in [6.07, 6.45) is 0. The van der Waals surface area contributed by atoms with Crippen LogP contribution in [0.2, 0.25) is 0 Å². The molecule has 0 aliphatic carbocycles. The van der Waals surface area contributed by atoms with E-state index in [-0.39, 0.29) is 42.1 Å². The molecule has 1 aromatic rings. The Morgan fingerprint density at radius 1 is 1.38 bits per heavy atom. The van der Waals surface area contributed by atoms with Crippen LogP contribution in [0.4, 0.5) is 0 Å². The van der Waals surface area contributed by atoms with Crippen molar-refractivity contribution in [1.29, 1.82) is 0 Å². The fourth-order valence-corrected chi connectivity index (χ4v) is 0.864. The number of carbonyl (C=O) groups excluding carboxylic acids is 1. The van der Waals surface area contributed by atoms with Crippen molar-refractivity contribution >= 4 is 35.5 Å². The first-order chi connectivity index (χ1) is 5.77. The SMILES string of the molecule is COC(=O)c1ccc(CO)cc1.[NaH]. The molecule has 1 N–H and O–H groups in total. The number of aliphatic hydroxyl groups excluding tert-OH is 1. The molecule has 66 valence electrons. The van der Waals surface area contributed by atoms with E-state index >= 15 is 0 Å². The van der Waals surface area contributed by atoms with Crippen LogP contribution in [0.3, 0.4) is 0 Å². The van der Waals surface area contributed by atoms with E-state index in [1.807, 2.05) is 0 Å². The average molecular weight is 190 g/mol. The minimum absolute atomic E-state index is 0. The molecule has 0 aliphatic rings. The predicted octanol–water partition coefficient (Wildman–Crippen LogP) is 0.317. The fourth-order valence-electron chi connectivity index (χ4n) is 0.864. The number of rotatable bonds is 2. The van der Waals surface area contributed by atoms with Gasteiger partial charge in [-0.05, 0) is 17.7 Å². The first-order valence-electron chi connectivity index (χ1n) is 3.56. The Labute approximate surface area is 99.0 Å². The number of hydrogen-bond donors (Lipinski definition) is 1. The third kappa shape index (κ3) is 3.48. The summed E-state index contributed by atoms with van der Waals surface area (Å²) in [5, 5.41) is 8.71. The van der Waals surface area contributed by atoms with Crippen LogP contribution in [0.5, 0.6) is 0 Å². The van der Waals surface area contributed by atoms with Crippen molar-refractivity contribution in [1.82, 2.24) is 0 Å². The number of benzene rings is 1. The van der Waals surface area contributed by atoms with Crippen molar-refractivity contribution in [2.75, 3.05) is 7.11 Å². The molecule has 0 spiro atoms. The third-order valence-electron chi connectivity index (χ3n) is 1.56. The second-order valence-corrected chi connectivity index (χ2v) is 2.35. The number of methoxy groups -OCH3 is 1. The molecule has 1 aromatic carbocycles. The van der Waals surface area contributed by atoms with Gasteiger partial charge in [0, 0.05) is 0 Å². The van der Waals surface area contributed by atoms with Crippen molar-refractivity contribution in [3.05, 3.63) is 35.4 Å². The summed E-state index contributed by atoms with van der Waals surface area (Å²) in [5.74, 6) is -0.362. The summed E-state index contributed by atoms with van der Waals surface area (Å²) in [6, 6.07) is 6.62. The Hall–Kier alpha value is -0.350. The van der Waals surface area contributed by atoms with Gasteiger partial charge in [-0.3, -0.25) is 0 Å². The number of ether oxygens (including phenoxy) is 1. The molecule has 1 rings (SSSR count). The van der Waals surface area contributed by atoms with E-state index in [1.54, 1.807) is 24.3 Å². The molecule has 0 bridgehead atoms. The second-order valence-electron chi connectivity index (χ2n) is 2.35. The fraction of sp³-hybridized carbons (Fsp3) is 0.222. The average Bonchev–Trinajstić information content (AvgIpc) is 2.17. The van der Waals surface area contributed by atoms with Gasteiger partial charge in [0.2, 0.25) is 0 Å². The zero-order valence-corrected chi connectivity index (χ0v) is 6.78. The predicted molar refractivity (Wildman–Crippen MR) is 50.9 cm³/mol. The quantitative estimate of drug-likeness (QED) is 0.539. The number of hydrogen-bond acceptors (Lipinski definition) is 3. The van der Waals surface area contributed by atoms with Gasteiger partial charge in [0.1, 0.15) is 0 Å². The minimum atomic E-state index is -0.362. The van der Waals surface area contributed by atoms with Crippen molar-refractivity contribution in [2.45, 2.75) is 6.61 Å². The van der Waals surface area contributed by atoms with E-state index in [0.717, 1.165) is 5.56 Å². The first kappa shape index (κ1) is 12.7. The van der Waals surface area contributed by atoms with Gasteiger partial charge in [0.05, 0.1) is 19.3 Å². The van der Waals surface area contributed by atoms with Crippen molar-refractivity contribution in [2.24, 2.45) is 0 Å². The van der Waals surface area contributed by atoms with Gasteiger partial charge < -0.3 is 9.84 Å². The Kier molecular flexibility index (Phi) is 5.99.